The van der Waals surface area contributed by atoms with Gasteiger partial charge < -0.3 is 14.6 Å². The number of aromatic nitrogens is 1. The average molecular weight is 409 g/mol. The average Bonchev–Trinajstić information content (AvgIpc) is 3.30. The third-order valence-corrected chi connectivity index (χ3v) is 6.46. The molecule has 0 spiro atoms. The smallest absolute Gasteiger partial charge is 0.195 e. The fraction of sp³-hybridized carbons (Fsp3) is 0.375. The first-order chi connectivity index (χ1) is 14.2. The van der Waals surface area contributed by atoms with E-state index in [-0.39, 0.29) is 5.78 Å². The van der Waals surface area contributed by atoms with Gasteiger partial charge in [0.25, 0.3) is 0 Å². The Morgan fingerprint density at radius 2 is 1.86 bits per heavy atom. The Labute approximate surface area is 176 Å². The van der Waals surface area contributed by atoms with Crippen molar-refractivity contribution in [3.8, 4) is 0 Å². The molecule has 0 unspecified atom stereocenters. The van der Waals surface area contributed by atoms with E-state index >= 15 is 0 Å². The quantitative estimate of drug-likeness (QED) is 0.450. The summed E-state index contributed by atoms with van der Waals surface area (Å²) in [5.74, 6) is 0.0260. The summed E-state index contributed by atoms with van der Waals surface area (Å²) in [4.78, 5) is 15.5. The maximum absolute atomic E-state index is 12.3. The van der Waals surface area contributed by atoms with Crippen molar-refractivity contribution in [2.24, 2.45) is 0 Å². The van der Waals surface area contributed by atoms with Crippen LogP contribution in [0.4, 0.5) is 0 Å². The number of hydrogen-bond acceptors (Lipinski definition) is 4. The number of carbonyl (C=O) groups is 1. The van der Waals surface area contributed by atoms with E-state index in [9.17, 15) is 9.90 Å². The molecule has 1 aliphatic heterocycles. The van der Waals surface area contributed by atoms with E-state index in [1.54, 1.807) is 6.08 Å². The number of nitrogens with zero attached hydrogens (tertiary/aromatic N) is 2. The normalized spacial score (nSPS) is 17.0. The van der Waals surface area contributed by atoms with E-state index in [2.05, 4.69) is 27.8 Å². The number of para-hydroxylation sites is 1. The SMILES string of the molecule is O=C(/C=C\c1cn(C[C@H](O)CN2CCCCCC2)c2ccccc12)c1cccs1. The molecule has 3 aromatic rings. The number of rotatable bonds is 7. The van der Waals surface area contributed by atoms with Gasteiger partial charge >= 0.3 is 0 Å². The molecule has 3 heterocycles. The number of hydrogen-bond donors (Lipinski definition) is 1. The Bertz CT molecular complexity index is 966. The second-order valence-corrected chi connectivity index (χ2v) is 8.75. The van der Waals surface area contributed by atoms with Gasteiger partial charge in [-0.25, -0.2) is 0 Å². The van der Waals surface area contributed by atoms with Crippen molar-refractivity contribution in [1.82, 2.24) is 9.47 Å². The van der Waals surface area contributed by atoms with Gasteiger partial charge in [-0.05, 0) is 55.6 Å². The summed E-state index contributed by atoms with van der Waals surface area (Å²) in [6, 6.07) is 11.9. The van der Waals surface area contributed by atoms with Gasteiger partial charge in [0.05, 0.1) is 11.0 Å². The largest absolute Gasteiger partial charge is 0.390 e. The maximum Gasteiger partial charge on any atom is 0.195 e. The fourth-order valence-electron chi connectivity index (χ4n) is 4.13. The highest BCUT2D eigenvalue weighted by Gasteiger charge is 2.16. The number of benzene rings is 1. The molecule has 4 nitrogen and oxygen atoms in total. The molecule has 29 heavy (non-hydrogen) atoms. The monoisotopic (exact) mass is 408 g/mol. The molecule has 1 fully saturated rings. The molecule has 152 valence electrons. The van der Waals surface area contributed by atoms with Crippen LogP contribution < -0.4 is 0 Å². The van der Waals surface area contributed by atoms with Crippen LogP contribution in [0.5, 0.6) is 0 Å². The van der Waals surface area contributed by atoms with Crippen LogP contribution in [0.3, 0.4) is 0 Å². The second-order valence-electron chi connectivity index (χ2n) is 7.80. The van der Waals surface area contributed by atoms with Gasteiger partial charge in [0.1, 0.15) is 0 Å². The number of β-amino-alcohol motifs (C(OH)–C–C–N with tert-alkyl or cyclic N) is 1. The van der Waals surface area contributed by atoms with E-state index in [1.807, 2.05) is 35.7 Å². The zero-order valence-corrected chi connectivity index (χ0v) is 17.5. The summed E-state index contributed by atoms with van der Waals surface area (Å²) in [5, 5.41) is 13.7. The van der Waals surface area contributed by atoms with Crippen LogP contribution in [0.2, 0.25) is 0 Å². The van der Waals surface area contributed by atoms with Crippen molar-refractivity contribution < 1.29 is 9.90 Å². The summed E-state index contributed by atoms with van der Waals surface area (Å²) in [7, 11) is 0. The number of thiophene rings is 1. The summed E-state index contributed by atoms with van der Waals surface area (Å²) in [5.41, 5.74) is 2.10. The molecule has 1 N–H and O–H groups in total. The van der Waals surface area contributed by atoms with Crippen LogP contribution >= 0.6 is 11.3 Å². The van der Waals surface area contributed by atoms with Crippen LogP contribution in [0.15, 0.2) is 54.1 Å². The summed E-state index contributed by atoms with van der Waals surface area (Å²) >= 11 is 1.46. The molecule has 0 radical (unpaired) electrons. The molecule has 0 amide bonds. The number of aliphatic hydroxyl groups is 1. The number of ketones is 1. The Morgan fingerprint density at radius 3 is 2.62 bits per heavy atom. The fourth-order valence-corrected chi connectivity index (χ4v) is 4.77. The number of allylic oxidation sites excluding steroid dienone is 1. The lowest BCUT2D eigenvalue weighted by molar-refractivity contribution is 0.101. The summed E-state index contributed by atoms with van der Waals surface area (Å²) < 4.78 is 2.12. The number of aliphatic hydroxyl groups excluding tert-OH is 1. The number of fused-ring (bicyclic) bond motifs is 1. The molecule has 1 saturated heterocycles. The standard InChI is InChI=1S/C24H28N2O2S/c27-20(17-25-13-5-1-2-6-14-25)18-26-16-19(21-8-3-4-9-22(21)26)11-12-23(28)24-10-7-15-29-24/h3-4,7-12,15-16,20,27H,1-2,5-6,13-14,17-18H2/b12-11-/t20-/m1/s1. The molecule has 1 aliphatic rings. The molecular weight excluding hydrogens is 380 g/mol. The molecule has 1 aromatic carbocycles. The molecule has 0 bridgehead atoms. The minimum absolute atomic E-state index is 0.0260. The van der Waals surface area contributed by atoms with E-state index in [1.165, 1.54) is 37.0 Å². The minimum atomic E-state index is -0.409. The van der Waals surface area contributed by atoms with Gasteiger partial charge in [0.15, 0.2) is 5.78 Å². The van der Waals surface area contributed by atoms with Crippen molar-refractivity contribution in [2.45, 2.75) is 38.3 Å². The predicted octanol–water partition coefficient (Wildman–Crippen LogP) is 4.84. The van der Waals surface area contributed by atoms with Crippen molar-refractivity contribution in [3.05, 3.63) is 64.5 Å². The minimum Gasteiger partial charge on any atom is -0.390 e. The highest BCUT2D eigenvalue weighted by molar-refractivity contribution is 7.12. The number of carbonyl (C=O) groups excluding carboxylic acids is 1. The summed E-state index contributed by atoms with van der Waals surface area (Å²) in [6.07, 6.45) is 10.2. The van der Waals surface area contributed by atoms with Crippen LogP contribution in [0.1, 0.15) is 40.9 Å². The van der Waals surface area contributed by atoms with Crippen molar-refractivity contribution in [2.75, 3.05) is 19.6 Å². The molecule has 0 aliphatic carbocycles. The van der Waals surface area contributed by atoms with Crippen LogP contribution in [0, 0.1) is 0 Å². The zero-order chi connectivity index (χ0) is 20.1. The van der Waals surface area contributed by atoms with Gasteiger partial charge in [0.2, 0.25) is 0 Å². The third kappa shape index (κ3) is 5.04. The van der Waals surface area contributed by atoms with Crippen LogP contribution in [0.25, 0.3) is 17.0 Å². The first-order valence-corrected chi connectivity index (χ1v) is 11.3. The highest BCUT2D eigenvalue weighted by atomic mass is 32.1. The van der Waals surface area contributed by atoms with E-state index in [4.69, 9.17) is 0 Å². The van der Waals surface area contributed by atoms with Crippen LogP contribution in [-0.4, -0.2) is 46.1 Å². The molecule has 2 aromatic heterocycles. The van der Waals surface area contributed by atoms with E-state index < -0.39 is 6.10 Å². The molecule has 0 saturated carbocycles. The van der Waals surface area contributed by atoms with Gasteiger partial charge in [-0.3, -0.25) is 4.79 Å². The predicted molar refractivity (Wildman–Crippen MR) is 121 cm³/mol. The third-order valence-electron chi connectivity index (χ3n) is 5.57. The van der Waals surface area contributed by atoms with Gasteiger partial charge in [0, 0.05) is 35.8 Å². The molecule has 4 rings (SSSR count). The number of likely N-dealkylation sites (tertiary alicyclic amines) is 1. The lowest BCUT2D eigenvalue weighted by Gasteiger charge is -2.23. The first-order valence-electron chi connectivity index (χ1n) is 10.4. The summed E-state index contributed by atoms with van der Waals surface area (Å²) in [6.45, 7) is 3.45. The van der Waals surface area contributed by atoms with Crippen LogP contribution in [-0.2, 0) is 6.54 Å². The topological polar surface area (TPSA) is 45.5 Å². The van der Waals surface area contributed by atoms with Gasteiger partial charge in [-0.2, -0.15) is 0 Å². The van der Waals surface area contributed by atoms with Crippen molar-refractivity contribution in [3.63, 3.8) is 0 Å². The van der Waals surface area contributed by atoms with E-state index in [0.717, 1.165) is 34.4 Å². The lowest BCUT2D eigenvalue weighted by atomic mass is 10.1. The second kappa shape index (κ2) is 9.53. The zero-order valence-electron chi connectivity index (χ0n) is 16.7. The lowest BCUT2D eigenvalue weighted by Crippen LogP contribution is -2.35. The Morgan fingerprint density at radius 1 is 1.07 bits per heavy atom. The first kappa shape index (κ1) is 20.1. The van der Waals surface area contributed by atoms with Crippen molar-refractivity contribution >= 4 is 34.1 Å². The van der Waals surface area contributed by atoms with Gasteiger partial charge in [-0.1, -0.05) is 37.1 Å². The molecule has 1 atom stereocenters. The van der Waals surface area contributed by atoms with Gasteiger partial charge in [-0.15, -0.1) is 11.3 Å². The highest BCUT2D eigenvalue weighted by Crippen LogP contribution is 2.24. The molecular formula is C24H28N2O2S. The van der Waals surface area contributed by atoms with E-state index in [0.29, 0.717) is 13.1 Å². The van der Waals surface area contributed by atoms with Crippen molar-refractivity contribution in [1.29, 1.82) is 0 Å². The Hall–Kier alpha value is -2.21. The Kier molecular flexibility index (Phi) is 6.60. The maximum atomic E-state index is 12.3. The Balaban J connectivity index is 1.50. The molecule has 5 heteroatoms.